The van der Waals surface area contributed by atoms with E-state index >= 15 is 0 Å². The number of aliphatic imine (C=N–C) groups is 1. The van der Waals surface area contributed by atoms with Gasteiger partial charge in [0.25, 0.3) is 0 Å². The highest BCUT2D eigenvalue weighted by atomic mass is 16.5. The summed E-state index contributed by atoms with van der Waals surface area (Å²) < 4.78 is 11.6. The van der Waals surface area contributed by atoms with Crippen molar-refractivity contribution in [2.45, 2.75) is 45.6 Å². The van der Waals surface area contributed by atoms with Crippen LogP contribution in [0.3, 0.4) is 0 Å². The lowest BCUT2D eigenvalue weighted by Gasteiger charge is -2.37. The molecule has 0 unspecified atom stereocenters. The first-order valence-corrected chi connectivity index (χ1v) is 12.7. The molecule has 3 atom stereocenters. The molecule has 0 fully saturated rings. The van der Waals surface area contributed by atoms with Gasteiger partial charge in [-0.25, -0.2) is 0 Å². The topological polar surface area (TPSA) is 42.8 Å². The van der Waals surface area contributed by atoms with E-state index in [0.29, 0.717) is 31.1 Å². The Bertz CT molecular complexity index is 1230. The van der Waals surface area contributed by atoms with Gasteiger partial charge >= 0.3 is 0 Å². The molecule has 1 heterocycles. The van der Waals surface area contributed by atoms with Crippen LogP contribution in [-0.4, -0.2) is 19.4 Å². The first-order chi connectivity index (χ1) is 17.2. The number of aryl methyl sites for hydroxylation is 1. The number of hydrogen-bond acceptors (Lipinski definition) is 4. The van der Waals surface area contributed by atoms with E-state index in [1.54, 1.807) is 0 Å². The molecule has 4 nitrogen and oxygen atoms in total. The Morgan fingerprint density at radius 2 is 1.83 bits per heavy atom. The molecule has 0 spiro atoms. The monoisotopic (exact) mass is 466 g/mol. The number of ether oxygens (including phenoxy) is 2. The number of hydrogen-bond donors (Lipinski definition) is 1. The van der Waals surface area contributed by atoms with E-state index in [2.05, 4.69) is 73.8 Å². The van der Waals surface area contributed by atoms with Crippen LogP contribution in [0.5, 0.6) is 11.5 Å². The molecule has 0 aromatic heterocycles. The predicted octanol–water partition coefficient (Wildman–Crippen LogP) is 7.76. The first-order valence-electron chi connectivity index (χ1n) is 12.7. The maximum Gasteiger partial charge on any atom is 0.161 e. The molecule has 3 aromatic carbocycles. The van der Waals surface area contributed by atoms with Crippen molar-refractivity contribution < 1.29 is 9.47 Å². The molecular weight excluding hydrogens is 432 g/mol. The van der Waals surface area contributed by atoms with Crippen LogP contribution in [0.1, 0.15) is 60.9 Å². The van der Waals surface area contributed by atoms with Crippen molar-refractivity contribution in [2.75, 3.05) is 18.5 Å². The Morgan fingerprint density at radius 3 is 2.63 bits per heavy atom. The lowest BCUT2D eigenvalue weighted by Crippen LogP contribution is -2.29. The van der Waals surface area contributed by atoms with Crippen molar-refractivity contribution in [3.63, 3.8) is 0 Å². The number of fused-ring (bicyclic) bond motifs is 3. The maximum atomic E-state index is 5.81. The standard InChI is InChI=1S/C31H34N2O2/c1-4-17-35-29-16-10-22(19-30(29)34-5-2)20-32-24-13-11-23(12-14-24)31-26-8-6-7-25(26)27-18-21(3)9-15-28(27)33-31/h6-7,9-16,18-20,25-26,31,33H,4-5,8,17H2,1-3H3/t25-,26-,31+/m1/s1. The van der Waals surface area contributed by atoms with Crippen LogP contribution in [0.4, 0.5) is 11.4 Å². The molecule has 3 aromatic rings. The minimum Gasteiger partial charge on any atom is -0.490 e. The molecule has 0 saturated heterocycles. The summed E-state index contributed by atoms with van der Waals surface area (Å²) in [5.41, 5.74) is 7.24. The molecular formula is C31H34N2O2. The van der Waals surface area contributed by atoms with E-state index in [4.69, 9.17) is 14.5 Å². The third kappa shape index (κ3) is 4.97. The fourth-order valence-electron chi connectivity index (χ4n) is 5.17. The minimum absolute atomic E-state index is 0.299. The van der Waals surface area contributed by atoms with Gasteiger partial charge in [0.05, 0.1) is 24.9 Å². The molecule has 0 amide bonds. The molecule has 180 valence electrons. The van der Waals surface area contributed by atoms with E-state index in [1.807, 2.05) is 31.3 Å². The summed E-state index contributed by atoms with van der Waals surface area (Å²) in [4.78, 5) is 4.71. The van der Waals surface area contributed by atoms with Gasteiger partial charge in [0.1, 0.15) is 0 Å². The van der Waals surface area contributed by atoms with Crippen LogP contribution < -0.4 is 14.8 Å². The Hall–Kier alpha value is -3.53. The summed E-state index contributed by atoms with van der Waals surface area (Å²) in [5, 5.41) is 3.82. The summed E-state index contributed by atoms with van der Waals surface area (Å²) in [5.74, 6) is 2.58. The van der Waals surface area contributed by atoms with Crippen molar-refractivity contribution in [1.82, 2.24) is 0 Å². The summed E-state index contributed by atoms with van der Waals surface area (Å²) in [7, 11) is 0. The quantitative estimate of drug-likeness (QED) is 0.272. The highest BCUT2D eigenvalue weighted by Gasteiger charge is 2.37. The zero-order valence-electron chi connectivity index (χ0n) is 20.8. The van der Waals surface area contributed by atoms with Crippen LogP contribution in [0, 0.1) is 12.8 Å². The van der Waals surface area contributed by atoms with E-state index < -0.39 is 0 Å². The Labute approximate surface area is 208 Å². The van der Waals surface area contributed by atoms with Crippen LogP contribution in [0.2, 0.25) is 0 Å². The number of anilines is 1. The molecule has 1 aliphatic carbocycles. The van der Waals surface area contributed by atoms with Gasteiger partial charge in [-0.2, -0.15) is 0 Å². The molecule has 1 N–H and O–H groups in total. The predicted molar refractivity (Wildman–Crippen MR) is 145 cm³/mol. The SMILES string of the molecule is CCCOc1ccc(C=Nc2ccc([C@@H]3Nc4ccc(C)cc4[C@@H]4C=CC[C@H]43)cc2)cc1OCC. The van der Waals surface area contributed by atoms with Crippen LogP contribution in [0.15, 0.2) is 77.8 Å². The van der Waals surface area contributed by atoms with E-state index in [1.165, 1.54) is 22.4 Å². The summed E-state index contributed by atoms with van der Waals surface area (Å²) in [6.45, 7) is 7.53. The summed E-state index contributed by atoms with van der Waals surface area (Å²) in [6.07, 6.45) is 8.69. The average molecular weight is 467 g/mol. The number of allylic oxidation sites excluding steroid dienone is 2. The second-order valence-electron chi connectivity index (χ2n) is 9.40. The largest absolute Gasteiger partial charge is 0.490 e. The van der Waals surface area contributed by atoms with Crippen LogP contribution >= 0.6 is 0 Å². The number of rotatable bonds is 8. The zero-order valence-corrected chi connectivity index (χ0v) is 20.8. The molecule has 0 bridgehead atoms. The van der Waals surface area contributed by atoms with Gasteiger partial charge in [0, 0.05) is 17.8 Å². The number of nitrogens with zero attached hydrogens (tertiary/aromatic N) is 1. The fraction of sp³-hybridized carbons (Fsp3) is 0.323. The van der Waals surface area contributed by atoms with Crippen molar-refractivity contribution in [2.24, 2.45) is 10.9 Å². The molecule has 4 heteroatoms. The lowest BCUT2D eigenvalue weighted by atomic mass is 9.76. The maximum absolute atomic E-state index is 5.81. The van der Waals surface area contributed by atoms with Gasteiger partial charge in [-0.05, 0) is 85.7 Å². The van der Waals surface area contributed by atoms with E-state index in [9.17, 15) is 0 Å². The number of benzene rings is 3. The minimum atomic E-state index is 0.299. The Morgan fingerprint density at radius 1 is 0.971 bits per heavy atom. The molecule has 1 aliphatic heterocycles. The highest BCUT2D eigenvalue weighted by molar-refractivity contribution is 5.83. The smallest absolute Gasteiger partial charge is 0.161 e. The van der Waals surface area contributed by atoms with Crippen molar-refractivity contribution in [3.8, 4) is 11.5 Å². The average Bonchev–Trinajstić information content (AvgIpc) is 3.38. The molecule has 5 rings (SSSR count). The van der Waals surface area contributed by atoms with Crippen LogP contribution in [0.25, 0.3) is 0 Å². The lowest BCUT2D eigenvalue weighted by molar-refractivity contribution is 0.277. The third-order valence-electron chi connectivity index (χ3n) is 6.86. The van der Waals surface area contributed by atoms with Gasteiger partial charge in [-0.15, -0.1) is 0 Å². The summed E-state index contributed by atoms with van der Waals surface area (Å²) in [6, 6.07) is 21.7. The van der Waals surface area contributed by atoms with Gasteiger partial charge in [-0.3, -0.25) is 4.99 Å². The normalized spacial score (nSPS) is 20.4. The summed E-state index contributed by atoms with van der Waals surface area (Å²) >= 11 is 0. The molecule has 0 saturated carbocycles. The Kier molecular flexibility index (Phi) is 6.89. The highest BCUT2D eigenvalue weighted by Crippen LogP contribution is 2.50. The van der Waals surface area contributed by atoms with Crippen LogP contribution in [-0.2, 0) is 0 Å². The molecule has 35 heavy (non-hydrogen) atoms. The van der Waals surface area contributed by atoms with Gasteiger partial charge in [0.2, 0.25) is 0 Å². The zero-order chi connectivity index (χ0) is 24.2. The first kappa shape index (κ1) is 23.2. The van der Waals surface area contributed by atoms with Crippen molar-refractivity contribution >= 4 is 17.6 Å². The van der Waals surface area contributed by atoms with Crippen molar-refractivity contribution in [3.05, 3.63) is 95.1 Å². The molecule has 0 radical (unpaired) electrons. The van der Waals surface area contributed by atoms with Crippen molar-refractivity contribution in [1.29, 1.82) is 0 Å². The third-order valence-corrected chi connectivity index (χ3v) is 6.86. The van der Waals surface area contributed by atoms with E-state index in [-0.39, 0.29) is 0 Å². The van der Waals surface area contributed by atoms with E-state index in [0.717, 1.165) is 35.6 Å². The second-order valence-corrected chi connectivity index (χ2v) is 9.40. The van der Waals surface area contributed by atoms with Gasteiger partial charge < -0.3 is 14.8 Å². The fourth-order valence-corrected chi connectivity index (χ4v) is 5.17. The second kappa shape index (κ2) is 10.4. The number of nitrogens with one attached hydrogen (secondary N) is 1. The Balaban J connectivity index is 1.32. The van der Waals surface area contributed by atoms with Gasteiger partial charge in [-0.1, -0.05) is 48.9 Å². The van der Waals surface area contributed by atoms with Gasteiger partial charge in [0.15, 0.2) is 11.5 Å². The molecule has 2 aliphatic rings.